The standard InChI is InChI=1S/C23H19NO3/c1-27-17-13-11-16(12-14-17)20(15-7-3-2-4-8-15)21-18-9-5-6-10-19(18)24-22(21)23(25)26/h2-14,20,24H,1H3,(H,25,26). The van der Waals surface area contributed by atoms with Crippen molar-refractivity contribution in [3.63, 3.8) is 0 Å². The minimum atomic E-state index is -0.962. The Labute approximate surface area is 157 Å². The molecule has 134 valence electrons. The van der Waals surface area contributed by atoms with Gasteiger partial charge in [-0.25, -0.2) is 4.79 Å². The van der Waals surface area contributed by atoms with Crippen LogP contribution in [0.5, 0.6) is 5.75 Å². The van der Waals surface area contributed by atoms with Crippen LogP contribution in [0.4, 0.5) is 0 Å². The molecule has 27 heavy (non-hydrogen) atoms. The smallest absolute Gasteiger partial charge is 0.352 e. The largest absolute Gasteiger partial charge is 0.497 e. The van der Waals surface area contributed by atoms with Gasteiger partial charge in [-0.15, -0.1) is 0 Å². The summed E-state index contributed by atoms with van der Waals surface area (Å²) in [5, 5.41) is 10.8. The van der Waals surface area contributed by atoms with E-state index in [-0.39, 0.29) is 11.6 Å². The van der Waals surface area contributed by atoms with E-state index in [9.17, 15) is 9.90 Å². The van der Waals surface area contributed by atoms with E-state index in [2.05, 4.69) is 4.98 Å². The lowest BCUT2D eigenvalue weighted by atomic mass is 9.83. The summed E-state index contributed by atoms with van der Waals surface area (Å²) in [5.74, 6) is -0.405. The molecule has 0 saturated carbocycles. The van der Waals surface area contributed by atoms with E-state index in [0.29, 0.717) is 0 Å². The van der Waals surface area contributed by atoms with Crippen LogP contribution in [-0.2, 0) is 0 Å². The maximum Gasteiger partial charge on any atom is 0.352 e. The van der Waals surface area contributed by atoms with Gasteiger partial charge in [-0.2, -0.15) is 0 Å². The average Bonchev–Trinajstić information content (AvgIpc) is 3.09. The molecule has 0 saturated heterocycles. The number of H-pyrrole nitrogens is 1. The molecule has 1 atom stereocenters. The molecule has 4 nitrogen and oxygen atoms in total. The molecule has 1 unspecified atom stereocenters. The monoisotopic (exact) mass is 357 g/mol. The molecule has 0 aliphatic heterocycles. The second-order valence-corrected chi connectivity index (χ2v) is 6.38. The molecular formula is C23H19NO3. The first kappa shape index (κ1) is 16.9. The van der Waals surface area contributed by atoms with Crippen LogP contribution in [0.2, 0.25) is 0 Å². The molecule has 4 heteroatoms. The van der Waals surface area contributed by atoms with Gasteiger partial charge in [-0.1, -0.05) is 60.7 Å². The van der Waals surface area contributed by atoms with Gasteiger partial charge in [0.25, 0.3) is 0 Å². The van der Waals surface area contributed by atoms with E-state index in [4.69, 9.17) is 4.74 Å². The van der Waals surface area contributed by atoms with Crippen LogP contribution >= 0.6 is 0 Å². The number of aromatic carboxylic acids is 1. The van der Waals surface area contributed by atoms with Crippen molar-refractivity contribution in [2.45, 2.75) is 5.92 Å². The number of hydrogen-bond acceptors (Lipinski definition) is 2. The molecule has 0 fully saturated rings. The summed E-state index contributed by atoms with van der Waals surface area (Å²) < 4.78 is 5.28. The number of methoxy groups -OCH3 is 1. The van der Waals surface area contributed by atoms with Crippen molar-refractivity contribution in [1.29, 1.82) is 0 Å². The van der Waals surface area contributed by atoms with E-state index >= 15 is 0 Å². The normalized spacial score (nSPS) is 12.0. The number of fused-ring (bicyclic) bond motifs is 1. The topological polar surface area (TPSA) is 62.3 Å². The first-order valence-electron chi connectivity index (χ1n) is 8.72. The van der Waals surface area contributed by atoms with Crippen LogP contribution in [0.25, 0.3) is 10.9 Å². The molecule has 0 aliphatic carbocycles. The number of aromatic nitrogens is 1. The number of benzene rings is 3. The van der Waals surface area contributed by atoms with Gasteiger partial charge in [0.2, 0.25) is 0 Å². The summed E-state index contributed by atoms with van der Waals surface area (Å²) in [6, 6.07) is 25.5. The zero-order chi connectivity index (χ0) is 18.8. The van der Waals surface area contributed by atoms with Gasteiger partial charge >= 0.3 is 5.97 Å². The Morgan fingerprint density at radius 1 is 0.889 bits per heavy atom. The SMILES string of the molecule is COc1ccc(C(c2ccccc2)c2c(C(=O)O)[nH]c3ccccc23)cc1. The van der Waals surface area contributed by atoms with Crippen molar-refractivity contribution >= 4 is 16.9 Å². The average molecular weight is 357 g/mol. The number of nitrogens with one attached hydrogen (secondary N) is 1. The summed E-state index contributed by atoms with van der Waals surface area (Å²) in [6.45, 7) is 0. The number of carboxylic acid groups (broad SMARTS) is 1. The third-order valence-corrected chi connectivity index (χ3v) is 4.83. The molecule has 1 aromatic heterocycles. The minimum Gasteiger partial charge on any atom is -0.497 e. The second kappa shape index (κ2) is 7.00. The first-order chi connectivity index (χ1) is 13.2. The summed E-state index contributed by atoms with van der Waals surface area (Å²) in [4.78, 5) is 15.1. The van der Waals surface area contributed by atoms with Gasteiger partial charge in [0.15, 0.2) is 0 Å². The predicted octanol–water partition coefficient (Wildman–Crippen LogP) is 5.05. The van der Waals surface area contributed by atoms with Crippen LogP contribution in [0.15, 0.2) is 78.9 Å². The highest BCUT2D eigenvalue weighted by Crippen LogP contribution is 2.39. The third-order valence-electron chi connectivity index (χ3n) is 4.83. The fourth-order valence-electron chi connectivity index (χ4n) is 3.60. The lowest BCUT2D eigenvalue weighted by Crippen LogP contribution is -2.09. The summed E-state index contributed by atoms with van der Waals surface area (Å²) in [6.07, 6.45) is 0. The van der Waals surface area contributed by atoms with Gasteiger partial charge in [0.05, 0.1) is 7.11 Å². The van der Waals surface area contributed by atoms with Gasteiger partial charge in [-0.3, -0.25) is 0 Å². The van der Waals surface area contributed by atoms with Crippen LogP contribution in [0.1, 0.15) is 33.1 Å². The molecule has 0 aliphatic rings. The number of carboxylic acids is 1. The van der Waals surface area contributed by atoms with E-state index in [0.717, 1.165) is 33.3 Å². The lowest BCUT2D eigenvalue weighted by Gasteiger charge is -2.19. The summed E-state index contributed by atoms with van der Waals surface area (Å²) >= 11 is 0. The first-order valence-corrected chi connectivity index (χ1v) is 8.72. The van der Waals surface area contributed by atoms with Crippen molar-refractivity contribution in [1.82, 2.24) is 4.98 Å². The molecule has 0 amide bonds. The number of para-hydroxylation sites is 1. The highest BCUT2D eigenvalue weighted by Gasteiger charge is 2.27. The van der Waals surface area contributed by atoms with Crippen LogP contribution in [0, 0.1) is 0 Å². The molecule has 0 spiro atoms. The zero-order valence-electron chi connectivity index (χ0n) is 14.8. The van der Waals surface area contributed by atoms with Crippen LogP contribution < -0.4 is 4.74 Å². The Hall–Kier alpha value is -3.53. The highest BCUT2D eigenvalue weighted by molar-refractivity contribution is 5.98. The van der Waals surface area contributed by atoms with Crippen molar-refractivity contribution < 1.29 is 14.6 Å². The Morgan fingerprint density at radius 3 is 2.19 bits per heavy atom. The Kier molecular flexibility index (Phi) is 4.38. The molecule has 1 heterocycles. The van der Waals surface area contributed by atoms with Gasteiger partial charge < -0.3 is 14.8 Å². The fourth-order valence-corrected chi connectivity index (χ4v) is 3.60. The molecular weight excluding hydrogens is 338 g/mol. The Morgan fingerprint density at radius 2 is 1.52 bits per heavy atom. The number of carbonyl (C=O) groups is 1. The molecule has 0 bridgehead atoms. The molecule has 3 aromatic carbocycles. The predicted molar refractivity (Wildman–Crippen MR) is 106 cm³/mol. The molecule has 0 radical (unpaired) electrons. The van der Waals surface area contributed by atoms with Gasteiger partial charge in [0.1, 0.15) is 11.4 Å². The van der Waals surface area contributed by atoms with Crippen molar-refractivity contribution in [3.8, 4) is 5.75 Å². The number of aromatic amines is 1. The van der Waals surface area contributed by atoms with E-state index in [1.54, 1.807) is 7.11 Å². The third kappa shape index (κ3) is 3.06. The Balaban J connectivity index is 2.00. The summed E-state index contributed by atoms with van der Waals surface area (Å²) in [7, 11) is 1.63. The molecule has 4 aromatic rings. The van der Waals surface area contributed by atoms with E-state index in [1.165, 1.54) is 0 Å². The van der Waals surface area contributed by atoms with Crippen molar-refractivity contribution in [3.05, 3.63) is 101 Å². The lowest BCUT2D eigenvalue weighted by molar-refractivity contribution is 0.0690. The van der Waals surface area contributed by atoms with Crippen LogP contribution in [0.3, 0.4) is 0 Å². The Bertz CT molecular complexity index is 1080. The number of ether oxygens (including phenoxy) is 1. The molecule has 2 N–H and O–H groups in total. The van der Waals surface area contributed by atoms with Crippen molar-refractivity contribution in [2.75, 3.05) is 7.11 Å². The van der Waals surface area contributed by atoms with E-state index < -0.39 is 5.97 Å². The molecule has 4 rings (SSSR count). The zero-order valence-corrected chi connectivity index (χ0v) is 14.8. The minimum absolute atomic E-state index is 0.209. The maximum absolute atomic E-state index is 12.0. The number of rotatable bonds is 5. The van der Waals surface area contributed by atoms with Crippen LogP contribution in [-0.4, -0.2) is 23.2 Å². The second-order valence-electron chi connectivity index (χ2n) is 6.38. The quantitative estimate of drug-likeness (QED) is 0.525. The van der Waals surface area contributed by atoms with E-state index in [1.807, 2.05) is 78.9 Å². The fraction of sp³-hybridized carbons (Fsp3) is 0.0870. The highest BCUT2D eigenvalue weighted by atomic mass is 16.5. The number of hydrogen-bond donors (Lipinski definition) is 2. The maximum atomic E-state index is 12.0. The van der Waals surface area contributed by atoms with Gasteiger partial charge in [-0.05, 0) is 29.3 Å². The summed E-state index contributed by atoms with van der Waals surface area (Å²) in [5.41, 5.74) is 3.86. The van der Waals surface area contributed by atoms with Gasteiger partial charge in [0, 0.05) is 22.4 Å². The van der Waals surface area contributed by atoms with Crippen molar-refractivity contribution in [2.24, 2.45) is 0 Å².